The van der Waals surface area contributed by atoms with Crippen molar-refractivity contribution in [2.45, 2.75) is 18.9 Å². The van der Waals surface area contributed by atoms with E-state index in [4.69, 9.17) is 5.73 Å². The molecular formula is C16H17BrN2OS. The Morgan fingerprint density at radius 1 is 1.29 bits per heavy atom. The summed E-state index contributed by atoms with van der Waals surface area (Å²) in [4.78, 5) is 16.4. The zero-order chi connectivity index (χ0) is 14.8. The summed E-state index contributed by atoms with van der Waals surface area (Å²) < 4.78 is 1.06. The Morgan fingerprint density at radius 3 is 2.76 bits per heavy atom. The molecule has 2 heterocycles. The third kappa shape index (κ3) is 3.05. The lowest BCUT2D eigenvalue weighted by atomic mass is 10.2. The zero-order valence-corrected chi connectivity index (χ0v) is 14.0. The maximum Gasteiger partial charge on any atom is 0.264 e. The highest BCUT2D eigenvalue weighted by atomic mass is 79.9. The summed E-state index contributed by atoms with van der Waals surface area (Å²) >= 11 is 4.99. The van der Waals surface area contributed by atoms with E-state index in [1.165, 1.54) is 0 Å². The van der Waals surface area contributed by atoms with Gasteiger partial charge in [0, 0.05) is 28.5 Å². The summed E-state index contributed by atoms with van der Waals surface area (Å²) in [6.07, 6.45) is 2.08. The number of carbonyl (C=O) groups excluding carboxylic acids is 1. The van der Waals surface area contributed by atoms with Crippen LogP contribution >= 0.6 is 27.3 Å². The van der Waals surface area contributed by atoms with Crippen molar-refractivity contribution >= 4 is 33.2 Å². The van der Waals surface area contributed by atoms with E-state index >= 15 is 0 Å². The number of nitrogens with two attached hydrogens (primary N) is 1. The van der Waals surface area contributed by atoms with Gasteiger partial charge in [0.15, 0.2) is 0 Å². The maximum atomic E-state index is 12.6. The molecule has 1 amide bonds. The highest BCUT2D eigenvalue weighted by Crippen LogP contribution is 2.31. The van der Waals surface area contributed by atoms with Crippen LogP contribution < -0.4 is 5.73 Å². The lowest BCUT2D eigenvalue weighted by molar-refractivity contribution is 0.0746. The summed E-state index contributed by atoms with van der Waals surface area (Å²) in [5, 5.41) is 0. The van der Waals surface area contributed by atoms with Crippen molar-refractivity contribution in [3.63, 3.8) is 0 Å². The molecule has 3 nitrogen and oxygen atoms in total. The van der Waals surface area contributed by atoms with Crippen LogP contribution in [0.15, 0.2) is 40.9 Å². The molecule has 1 aliphatic heterocycles. The quantitative estimate of drug-likeness (QED) is 0.901. The van der Waals surface area contributed by atoms with E-state index in [2.05, 4.69) is 28.1 Å². The number of hydrogen-bond acceptors (Lipinski definition) is 3. The molecule has 2 N–H and O–H groups in total. The second kappa shape index (κ2) is 6.30. The number of hydrogen-bond donors (Lipinski definition) is 1. The van der Waals surface area contributed by atoms with Gasteiger partial charge in [0.2, 0.25) is 0 Å². The summed E-state index contributed by atoms with van der Waals surface area (Å²) in [6, 6.07) is 12.3. The third-order valence-electron chi connectivity index (χ3n) is 3.86. The van der Waals surface area contributed by atoms with Gasteiger partial charge in [-0.25, -0.2) is 0 Å². The number of amides is 1. The average Bonchev–Trinajstić information content (AvgIpc) is 3.16. The fourth-order valence-corrected chi connectivity index (χ4v) is 3.94. The normalized spacial score (nSPS) is 18.2. The van der Waals surface area contributed by atoms with Gasteiger partial charge in [-0.15, -0.1) is 11.3 Å². The monoisotopic (exact) mass is 364 g/mol. The van der Waals surface area contributed by atoms with Gasteiger partial charge in [0.25, 0.3) is 5.91 Å². The first-order chi connectivity index (χ1) is 10.2. The van der Waals surface area contributed by atoms with Crippen LogP contribution in [0.3, 0.4) is 0 Å². The van der Waals surface area contributed by atoms with Crippen molar-refractivity contribution in [1.82, 2.24) is 4.90 Å². The smallest absolute Gasteiger partial charge is 0.264 e. The third-order valence-corrected chi connectivity index (χ3v) is 5.51. The molecule has 0 spiro atoms. The molecule has 3 rings (SSSR count). The van der Waals surface area contributed by atoms with Gasteiger partial charge in [-0.05, 0) is 42.7 Å². The lowest BCUT2D eigenvalue weighted by Crippen LogP contribution is -2.39. The Morgan fingerprint density at radius 2 is 2.05 bits per heavy atom. The van der Waals surface area contributed by atoms with Crippen LogP contribution in [-0.2, 0) is 0 Å². The molecule has 110 valence electrons. The Hall–Kier alpha value is -1.17. The first-order valence-corrected chi connectivity index (χ1v) is 8.67. The Kier molecular flexibility index (Phi) is 4.42. The van der Waals surface area contributed by atoms with Gasteiger partial charge < -0.3 is 10.6 Å². The largest absolute Gasteiger partial charge is 0.334 e. The number of likely N-dealkylation sites (tertiary alicyclic amines) is 1. The molecule has 1 aliphatic rings. The van der Waals surface area contributed by atoms with Crippen LogP contribution in [-0.4, -0.2) is 29.9 Å². The second-order valence-corrected chi connectivity index (χ2v) is 7.20. The van der Waals surface area contributed by atoms with Crippen molar-refractivity contribution in [1.29, 1.82) is 0 Å². The molecule has 2 aromatic rings. The van der Waals surface area contributed by atoms with Crippen molar-refractivity contribution in [2.75, 3.05) is 13.1 Å². The first-order valence-electron chi connectivity index (χ1n) is 7.06. The topological polar surface area (TPSA) is 46.3 Å². The molecule has 1 saturated heterocycles. The van der Waals surface area contributed by atoms with Gasteiger partial charge in [-0.1, -0.05) is 28.1 Å². The molecular weight excluding hydrogens is 348 g/mol. The molecule has 0 aliphatic carbocycles. The average molecular weight is 365 g/mol. The highest BCUT2D eigenvalue weighted by molar-refractivity contribution is 9.10. The fraction of sp³-hybridized carbons (Fsp3) is 0.312. The van der Waals surface area contributed by atoms with Crippen molar-refractivity contribution in [3.05, 3.63) is 45.7 Å². The number of benzene rings is 1. The predicted molar refractivity (Wildman–Crippen MR) is 90.6 cm³/mol. The predicted octanol–water partition coefficient (Wildman–Crippen LogP) is 3.74. The van der Waals surface area contributed by atoms with E-state index in [0.29, 0.717) is 6.54 Å². The highest BCUT2D eigenvalue weighted by Gasteiger charge is 2.29. The molecule has 1 fully saturated rings. The molecule has 1 aromatic heterocycles. The molecule has 1 unspecified atom stereocenters. The van der Waals surface area contributed by atoms with E-state index < -0.39 is 0 Å². The van der Waals surface area contributed by atoms with E-state index in [1.54, 1.807) is 11.3 Å². The Labute approximate surface area is 136 Å². The summed E-state index contributed by atoms with van der Waals surface area (Å²) in [6.45, 7) is 1.38. The van der Waals surface area contributed by atoms with Crippen molar-refractivity contribution in [3.8, 4) is 10.4 Å². The van der Waals surface area contributed by atoms with E-state index in [0.717, 1.165) is 39.2 Å². The van der Waals surface area contributed by atoms with Crippen LogP contribution in [0.25, 0.3) is 10.4 Å². The summed E-state index contributed by atoms with van der Waals surface area (Å²) in [5.41, 5.74) is 6.89. The molecule has 21 heavy (non-hydrogen) atoms. The number of carbonyl (C=O) groups is 1. The summed E-state index contributed by atoms with van der Waals surface area (Å²) in [5.74, 6) is 0.122. The number of halogens is 1. The minimum atomic E-state index is 0.122. The summed E-state index contributed by atoms with van der Waals surface area (Å²) in [7, 11) is 0. The van der Waals surface area contributed by atoms with Crippen LogP contribution in [0, 0.1) is 0 Å². The minimum absolute atomic E-state index is 0.122. The molecule has 1 aromatic carbocycles. The van der Waals surface area contributed by atoms with Gasteiger partial charge >= 0.3 is 0 Å². The standard InChI is InChI=1S/C16H17BrN2OS/c17-12-5-3-11(4-6-12)14-7-8-15(21-14)16(20)19-9-1-2-13(19)10-18/h3-8,13H,1-2,9-10,18H2. The molecule has 0 bridgehead atoms. The second-order valence-electron chi connectivity index (χ2n) is 5.20. The van der Waals surface area contributed by atoms with Gasteiger partial charge in [-0.2, -0.15) is 0 Å². The minimum Gasteiger partial charge on any atom is -0.334 e. The maximum absolute atomic E-state index is 12.6. The lowest BCUT2D eigenvalue weighted by Gasteiger charge is -2.22. The van der Waals surface area contributed by atoms with E-state index in [-0.39, 0.29) is 11.9 Å². The van der Waals surface area contributed by atoms with Gasteiger partial charge in [0.05, 0.1) is 4.88 Å². The number of thiophene rings is 1. The van der Waals surface area contributed by atoms with E-state index in [1.807, 2.05) is 29.2 Å². The van der Waals surface area contributed by atoms with Gasteiger partial charge in [-0.3, -0.25) is 4.79 Å². The molecule has 0 saturated carbocycles. The van der Waals surface area contributed by atoms with Crippen molar-refractivity contribution < 1.29 is 4.79 Å². The van der Waals surface area contributed by atoms with Crippen LogP contribution in [0.2, 0.25) is 0 Å². The number of rotatable bonds is 3. The fourth-order valence-electron chi connectivity index (χ4n) is 2.71. The van der Waals surface area contributed by atoms with Gasteiger partial charge in [0.1, 0.15) is 0 Å². The molecule has 1 atom stereocenters. The van der Waals surface area contributed by atoms with Crippen LogP contribution in [0.4, 0.5) is 0 Å². The van der Waals surface area contributed by atoms with Crippen LogP contribution in [0.1, 0.15) is 22.5 Å². The molecule has 0 radical (unpaired) electrons. The van der Waals surface area contributed by atoms with E-state index in [9.17, 15) is 4.79 Å². The Balaban J connectivity index is 1.81. The van der Waals surface area contributed by atoms with Crippen LogP contribution in [0.5, 0.6) is 0 Å². The van der Waals surface area contributed by atoms with Crippen molar-refractivity contribution in [2.24, 2.45) is 5.73 Å². The SMILES string of the molecule is NCC1CCCN1C(=O)c1ccc(-c2ccc(Br)cc2)s1. The molecule has 5 heteroatoms. The Bertz CT molecular complexity index is 638. The number of nitrogens with zero attached hydrogens (tertiary/aromatic N) is 1. The zero-order valence-electron chi connectivity index (χ0n) is 11.6. The first kappa shape index (κ1) is 14.8.